The predicted octanol–water partition coefficient (Wildman–Crippen LogP) is 4.73. The summed E-state index contributed by atoms with van der Waals surface area (Å²) in [7, 11) is 0. The van der Waals surface area contributed by atoms with E-state index in [2.05, 4.69) is 53.8 Å². The first-order valence-corrected chi connectivity index (χ1v) is 8.51. The zero-order valence-corrected chi connectivity index (χ0v) is 14.8. The first-order valence-electron chi connectivity index (χ1n) is 8.51. The van der Waals surface area contributed by atoms with Gasteiger partial charge in [0.25, 0.3) is 0 Å². The minimum atomic E-state index is -0.446. The van der Waals surface area contributed by atoms with Crippen molar-refractivity contribution in [3.63, 3.8) is 0 Å². The van der Waals surface area contributed by atoms with E-state index in [-0.39, 0.29) is 6.09 Å². The van der Waals surface area contributed by atoms with Crippen LogP contribution in [0.5, 0.6) is 0 Å². The topological polar surface area (TPSA) is 38.3 Å². The first kappa shape index (κ1) is 18.1. The number of hydrogen-bond donors (Lipinski definition) is 1. The molecule has 128 valence electrons. The van der Waals surface area contributed by atoms with Crippen LogP contribution >= 0.6 is 0 Å². The molecule has 1 N–H and O–H groups in total. The molecule has 0 heterocycles. The molecule has 2 rings (SSSR count). The summed E-state index contributed by atoms with van der Waals surface area (Å²) in [5, 5.41) is 2.79. The molecular weight excluding hydrogens is 298 g/mol. The molecule has 0 atom stereocenters. The molecule has 2 aromatic rings. The summed E-state index contributed by atoms with van der Waals surface area (Å²) in [6, 6.07) is 19.2. The Bertz CT molecular complexity index is 627. The van der Waals surface area contributed by atoms with E-state index in [0.29, 0.717) is 6.54 Å². The SMILES string of the molecule is CC(C)(C)OC(=O)NCCCc1ccc(Cc2ccccc2)cc1. The molecule has 0 aromatic heterocycles. The van der Waals surface area contributed by atoms with Crippen LogP contribution in [0.25, 0.3) is 0 Å². The van der Waals surface area contributed by atoms with E-state index in [4.69, 9.17) is 4.74 Å². The smallest absolute Gasteiger partial charge is 0.407 e. The summed E-state index contributed by atoms with van der Waals surface area (Å²) in [6.07, 6.45) is 2.46. The van der Waals surface area contributed by atoms with Crippen molar-refractivity contribution < 1.29 is 9.53 Å². The largest absolute Gasteiger partial charge is 0.444 e. The molecule has 0 saturated carbocycles. The average molecular weight is 325 g/mol. The van der Waals surface area contributed by atoms with E-state index in [1.807, 2.05) is 26.8 Å². The van der Waals surface area contributed by atoms with Crippen LogP contribution in [0.3, 0.4) is 0 Å². The van der Waals surface area contributed by atoms with Crippen LogP contribution < -0.4 is 5.32 Å². The van der Waals surface area contributed by atoms with Crippen molar-refractivity contribution >= 4 is 6.09 Å². The number of nitrogens with one attached hydrogen (secondary N) is 1. The van der Waals surface area contributed by atoms with Gasteiger partial charge < -0.3 is 10.1 Å². The van der Waals surface area contributed by atoms with Gasteiger partial charge in [-0.2, -0.15) is 0 Å². The van der Waals surface area contributed by atoms with Crippen LogP contribution in [0.2, 0.25) is 0 Å². The maximum atomic E-state index is 11.6. The van der Waals surface area contributed by atoms with Gasteiger partial charge in [0.1, 0.15) is 5.60 Å². The van der Waals surface area contributed by atoms with Gasteiger partial charge >= 0.3 is 6.09 Å². The average Bonchev–Trinajstić information content (AvgIpc) is 2.52. The van der Waals surface area contributed by atoms with Crippen molar-refractivity contribution in [1.29, 1.82) is 0 Å². The number of carbonyl (C=O) groups is 1. The van der Waals surface area contributed by atoms with E-state index in [1.54, 1.807) is 0 Å². The van der Waals surface area contributed by atoms with Crippen molar-refractivity contribution in [2.75, 3.05) is 6.54 Å². The van der Waals surface area contributed by atoms with Gasteiger partial charge in [-0.05, 0) is 56.7 Å². The van der Waals surface area contributed by atoms with Crippen LogP contribution in [-0.4, -0.2) is 18.2 Å². The third-order valence-corrected chi connectivity index (χ3v) is 3.58. The molecular formula is C21H27NO2. The Kier molecular flexibility index (Phi) is 6.42. The number of aryl methyl sites for hydroxylation is 1. The van der Waals surface area contributed by atoms with Crippen LogP contribution in [0.4, 0.5) is 4.79 Å². The van der Waals surface area contributed by atoms with E-state index >= 15 is 0 Å². The van der Waals surface area contributed by atoms with Crippen molar-refractivity contribution in [3.8, 4) is 0 Å². The summed E-state index contributed by atoms with van der Waals surface area (Å²) >= 11 is 0. The minimum absolute atomic E-state index is 0.347. The third-order valence-electron chi connectivity index (χ3n) is 3.58. The van der Waals surface area contributed by atoms with Gasteiger partial charge in [0.2, 0.25) is 0 Å². The summed E-state index contributed by atoms with van der Waals surface area (Å²) in [5.41, 5.74) is 3.49. The molecule has 0 aliphatic carbocycles. The molecule has 3 heteroatoms. The zero-order valence-electron chi connectivity index (χ0n) is 14.8. The molecule has 0 fully saturated rings. The molecule has 0 bridgehead atoms. The Balaban J connectivity index is 1.71. The molecule has 0 saturated heterocycles. The molecule has 0 aliphatic rings. The lowest BCUT2D eigenvalue weighted by atomic mass is 10.0. The first-order chi connectivity index (χ1) is 11.4. The van der Waals surface area contributed by atoms with Crippen molar-refractivity contribution in [2.24, 2.45) is 0 Å². The molecule has 1 amide bonds. The molecule has 0 spiro atoms. The van der Waals surface area contributed by atoms with Crippen molar-refractivity contribution in [2.45, 2.75) is 45.6 Å². The van der Waals surface area contributed by atoms with Gasteiger partial charge in [-0.15, -0.1) is 0 Å². The molecule has 0 aliphatic heterocycles. The van der Waals surface area contributed by atoms with E-state index in [0.717, 1.165) is 19.3 Å². The van der Waals surface area contributed by atoms with Gasteiger partial charge in [0.15, 0.2) is 0 Å². The third kappa shape index (κ3) is 6.86. The summed E-state index contributed by atoms with van der Waals surface area (Å²) in [4.78, 5) is 11.6. The van der Waals surface area contributed by atoms with Crippen LogP contribution in [0.1, 0.15) is 43.9 Å². The van der Waals surface area contributed by atoms with Gasteiger partial charge in [0, 0.05) is 6.54 Å². The zero-order chi connectivity index (χ0) is 17.4. The maximum Gasteiger partial charge on any atom is 0.407 e. The van der Waals surface area contributed by atoms with Gasteiger partial charge in [-0.3, -0.25) is 0 Å². The van der Waals surface area contributed by atoms with Crippen LogP contribution in [0.15, 0.2) is 54.6 Å². The second-order valence-electron chi connectivity index (χ2n) is 7.01. The van der Waals surface area contributed by atoms with E-state index in [9.17, 15) is 4.79 Å². The summed E-state index contributed by atoms with van der Waals surface area (Å²) in [6.45, 7) is 6.22. The van der Waals surface area contributed by atoms with E-state index < -0.39 is 5.60 Å². The molecule has 3 nitrogen and oxygen atoms in total. The fourth-order valence-corrected chi connectivity index (χ4v) is 2.45. The van der Waals surface area contributed by atoms with Gasteiger partial charge in [0.05, 0.1) is 0 Å². The summed E-state index contributed by atoms with van der Waals surface area (Å²) in [5.74, 6) is 0. The van der Waals surface area contributed by atoms with Crippen molar-refractivity contribution in [3.05, 3.63) is 71.3 Å². The molecule has 0 radical (unpaired) electrons. The fraction of sp³-hybridized carbons (Fsp3) is 0.381. The van der Waals surface area contributed by atoms with Crippen molar-refractivity contribution in [1.82, 2.24) is 5.32 Å². The number of benzene rings is 2. The Labute approximate surface area is 145 Å². The quantitative estimate of drug-likeness (QED) is 0.779. The Morgan fingerprint density at radius 2 is 1.50 bits per heavy atom. The second kappa shape index (κ2) is 8.53. The highest BCUT2D eigenvalue weighted by Gasteiger charge is 2.15. The van der Waals surface area contributed by atoms with Gasteiger partial charge in [-0.1, -0.05) is 54.6 Å². The number of ether oxygens (including phenoxy) is 1. The Morgan fingerprint density at radius 3 is 2.12 bits per heavy atom. The normalized spacial score (nSPS) is 11.1. The maximum absolute atomic E-state index is 11.6. The Hall–Kier alpha value is -2.29. The number of amides is 1. The van der Waals surface area contributed by atoms with E-state index in [1.165, 1.54) is 16.7 Å². The number of alkyl carbamates (subject to hydrolysis) is 1. The van der Waals surface area contributed by atoms with Crippen LogP contribution in [0, 0.1) is 0 Å². The monoisotopic (exact) mass is 325 g/mol. The highest BCUT2D eigenvalue weighted by atomic mass is 16.6. The lowest BCUT2D eigenvalue weighted by molar-refractivity contribution is 0.0527. The highest BCUT2D eigenvalue weighted by molar-refractivity contribution is 5.67. The lowest BCUT2D eigenvalue weighted by Crippen LogP contribution is -2.33. The molecule has 24 heavy (non-hydrogen) atoms. The molecule has 2 aromatic carbocycles. The minimum Gasteiger partial charge on any atom is -0.444 e. The number of hydrogen-bond acceptors (Lipinski definition) is 2. The standard InChI is InChI=1S/C21H27NO2/c1-21(2,3)24-20(23)22-15-7-10-17-11-13-19(14-12-17)16-18-8-5-4-6-9-18/h4-6,8-9,11-14H,7,10,15-16H2,1-3H3,(H,22,23). The Morgan fingerprint density at radius 1 is 0.917 bits per heavy atom. The van der Waals surface area contributed by atoms with Crippen LogP contribution in [-0.2, 0) is 17.6 Å². The van der Waals surface area contributed by atoms with Gasteiger partial charge in [-0.25, -0.2) is 4.79 Å². The second-order valence-corrected chi connectivity index (χ2v) is 7.01. The highest BCUT2D eigenvalue weighted by Crippen LogP contribution is 2.12. The molecule has 0 unspecified atom stereocenters. The number of carbonyl (C=O) groups excluding carboxylic acids is 1. The number of rotatable bonds is 6. The summed E-state index contributed by atoms with van der Waals surface area (Å²) < 4.78 is 5.21. The fourth-order valence-electron chi connectivity index (χ4n) is 2.45. The predicted molar refractivity (Wildman–Crippen MR) is 98.2 cm³/mol. The lowest BCUT2D eigenvalue weighted by Gasteiger charge is -2.19.